The molecule has 2 aromatic rings. The average Bonchev–Trinajstić information content (AvgIpc) is 2.36. The Morgan fingerprint density at radius 3 is 2.72 bits per heavy atom. The van der Waals surface area contributed by atoms with Gasteiger partial charge in [-0.2, -0.15) is 11.8 Å². The topological polar surface area (TPSA) is 65.7 Å². The van der Waals surface area contributed by atoms with Crippen LogP contribution in [-0.2, 0) is 5.75 Å². The van der Waals surface area contributed by atoms with Crippen molar-refractivity contribution < 1.29 is 0 Å². The summed E-state index contributed by atoms with van der Waals surface area (Å²) in [5, 5.41) is 4.88. The highest BCUT2D eigenvalue weighted by atomic mass is 32.2. The van der Waals surface area contributed by atoms with Crippen LogP contribution >= 0.6 is 11.8 Å². The number of thioether (sulfide) groups is 1. The van der Waals surface area contributed by atoms with Gasteiger partial charge in [0.15, 0.2) is 0 Å². The van der Waals surface area contributed by atoms with Crippen LogP contribution in [0.3, 0.4) is 0 Å². The third-order valence-electron chi connectivity index (χ3n) is 2.89. The molecule has 0 spiro atoms. The van der Waals surface area contributed by atoms with E-state index in [-0.39, 0.29) is 0 Å². The van der Waals surface area contributed by atoms with Gasteiger partial charge in [-0.1, -0.05) is 18.2 Å². The summed E-state index contributed by atoms with van der Waals surface area (Å²) in [4.78, 5) is 23.2. The molecule has 0 aliphatic carbocycles. The second kappa shape index (κ2) is 5.27. The summed E-state index contributed by atoms with van der Waals surface area (Å²) in [6.07, 6.45) is 3.57. The van der Waals surface area contributed by atoms with E-state index in [0.29, 0.717) is 5.56 Å². The van der Waals surface area contributed by atoms with Crippen LogP contribution in [0.4, 0.5) is 0 Å². The number of aromatic nitrogens is 2. The SMILES string of the molecule is CSCc1cccc(-c2c[nH][nH]c(=O)c2=O)c1C. The summed E-state index contributed by atoms with van der Waals surface area (Å²) >= 11 is 1.73. The summed E-state index contributed by atoms with van der Waals surface area (Å²) in [5.41, 5.74) is 2.33. The van der Waals surface area contributed by atoms with Crippen molar-refractivity contribution in [2.45, 2.75) is 12.7 Å². The fourth-order valence-electron chi connectivity index (χ4n) is 1.91. The number of benzene rings is 1. The molecule has 2 N–H and O–H groups in total. The molecule has 0 bridgehead atoms. The van der Waals surface area contributed by atoms with Gasteiger partial charge in [0.2, 0.25) is 0 Å². The van der Waals surface area contributed by atoms with E-state index in [4.69, 9.17) is 0 Å². The van der Waals surface area contributed by atoms with Crippen molar-refractivity contribution in [1.82, 2.24) is 10.2 Å². The molecule has 1 heterocycles. The molecule has 1 aromatic heterocycles. The smallest absolute Gasteiger partial charge is 0.305 e. The van der Waals surface area contributed by atoms with Crippen molar-refractivity contribution in [1.29, 1.82) is 0 Å². The first-order valence-electron chi connectivity index (χ1n) is 5.53. The molecule has 0 radical (unpaired) electrons. The van der Waals surface area contributed by atoms with Crippen LogP contribution < -0.4 is 11.0 Å². The molecule has 0 saturated heterocycles. The molecule has 0 atom stereocenters. The predicted molar refractivity (Wildman–Crippen MR) is 75.1 cm³/mol. The maximum atomic E-state index is 11.8. The number of hydrogen-bond donors (Lipinski definition) is 2. The molecule has 0 unspecified atom stereocenters. The van der Waals surface area contributed by atoms with E-state index < -0.39 is 11.0 Å². The Labute approximate surface area is 108 Å². The van der Waals surface area contributed by atoms with Crippen LogP contribution in [-0.4, -0.2) is 16.5 Å². The summed E-state index contributed by atoms with van der Waals surface area (Å²) in [6.45, 7) is 1.97. The van der Waals surface area contributed by atoms with Crippen LogP contribution in [0.15, 0.2) is 34.0 Å². The Morgan fingerprint density at radius 1 is 1.22 bits per heavy atom. The number of rotatable bonds is 3. The fraction of sp³-hybridized carbons (Fsp3) is 0.231. The fourth-order valence-corrected chi connectivity index (χ4v) is 2.53. The van der Waals surface area contributed by atoms with E-state index >= 15 is 0 Å². The Balaban J connectivity index is 2.65. The first kappa shape index (κ1) is 12.7. The lowest BCUT2D eigenvalue weighted by atomic mass is 9.98. The minimum atomic E-state index is -0.623. The molecule has 0 aliphatic rings. The van der Waals surface area contributed by atoms with Crippen LogP contribution in [0.2, 0.25) is 0 Å². The van der Waals surface area contributed by atoms with Crippen molar-refractivity contribution in [3.05, 3.63) is 56.1 Å². The summed E-state index contributed by atoms with van der Waals surface area (Å²) in [6, 6.07) is 5.81. The van der Waals surface area contributed by atoms with E-state index in [0.717, 1.165) is 16.9 Å². The van der Waals surface area contributed by atoms with Gasteiger partial charge in [0.25, 0.3) is 5.43 Å². The lowest BCUT2D eigenvalue weighted by Gasteiger charge is -2.09. The molecule has 4 nitrogen and oxygen atoms in total. The van der Waals surface area contributed by atoms with Gasteiger partial charge in [-0.25, -0.2) is 0 Å². The lowest BCUT2D eigenvalue weighted by molar-refractivity contribution is 0.974. The van der Waals surface area contributed by atoms with E-state index in [1.807, 2.05) is 31.4 Å². The molecule has 94 valence electrons. The monoisotopic (exact) mass is 262 g/mol. The lowest BCUT2D eigenvalue weighted by Crippen LogP contribution is -2.28. The number of H-pyrrole nitrogens is 2. The number of nitrogens with one attached hydrogen (secondary N) is 2. The third kappa shape index (κ3) is 2.26. The van der Waals surface area contributed by atoms with Crippen LogP contribution in [0.5, 0.6) is 0 Å². The maximum Gasteiger partial charge on any atom is 0.310 e. The Bertz CT molecular complexity index is 673. The summed E-state index contributed by atoms with van der Waals surface area (Å²) < 4.78 is 0. The highest BCUT2D eigenvalue weighted by Gasteiger charge is 2.10. The minimum Gasteiger partial charge on any atom is -0.305 e. The molecule has 18 heavy (non-hydrogen) atoms. The second-order valence-corrected chi connectivity index (χ2v) is 4.87. The quantitative estimate of drug-likeness (QED) is 0.830. The zero-order chi connectivity index (χ0) is 13.1. The van der Waals surface area contributed by atoms with E-state index in [9.17, 15) is 9.59 Å². The van der Waals surface area contributed by atoms with Gasteiger partial charge in [0.1, 0.15) is 0 Å². The predicted octanol–water partition coefficient (Wildman–Crippen LogP) is 1.90. The molecule has 1 aromatic carbocycles. The first-order valence-corrected chi connectivity index (χ1v) is 6.92. The Kier molecular flexibility index (Phi) is 3.72. The average molecular weight is 262 g/mol. The highest BCUT2D eigenvalue weighted by Crippen LogP contribution is 2.24. The van der Waals surface area contributed by atoms with E-state index in [1.54, 1.807) is 11.8 Å². The van der Waals surface area contributed by atoms with Crippen molar-refractivity contribution >= 4 is 11.8 Å². The third-order valence-corrected chi connectivity index (χ3v) is 3.49. The summed E-state index contributed by atoms with van der Waals surface area (Å²) in [5.74, 6) is 0.890. The van der Waals surface area contributed by atoms with Crippen molar-refractivity contribution in [2.24, 2.45) is 0 Å². The normalized spacial score (nSPS) is 10.6. The van der Waals surface area contributed by atoms with Gasteiger partial charge < -0.3 is 5.10 Å². The van der Waals surface area contributed by atoms with Crippen molar-refractivity contribution in [3.63, 3.8) is 0 Å². The minimum absolute atomic E-state index is 0.416. The number of aromatic amines is 2. The molecule has 0 aliphatic heterocycles. The van der Waals surface area contributed by atoms with Crippen LogP contribution in [0.1, 0.15) is 11.1 Å². The van der Waals surface area contributed by atoms with Crippen LogP contribution in [0.25, 0.3) is 11.1 Å². The Morgan fingerprint density at radius 2 is 2.00 bits per heavy atom. The van der Waals surface area contributed by atoms with Gasteiger partial charge in [-0.3, -0.25) is 14.7 Å². The van der Waals surface area contributed by atoms with E-state index in [1.165, 1.54) is 11.8 Å². The molecular formula is C13H14N2O2S. The zero-order valence-electron chi connectivity index (χ0n) is 10.2. The van der Waals surface area contributed by atoms with Crippen molar-refractivity contribution in [2.75, 3.05) is 6.26 Å². The number of hydrogen-bond acceptors (Lipinski definition) is 3. The van der Waals surface area contributed by atoms with Gasteiger partial charge in [0, 0.05) is 11.9 Å². The highest BCUT2D eigenvalue weighted by molar-refractivity contribution is 7.97. The second-order valence-electron chi connectivity index (χ2n) is 4.01. The van der Waals surface area contributed by atoms with Gasteiger partial charge in [0.05, 0.1) is 5.56 Å². The van der Waals surface area contributed by atoms with Crippen LogP contribution in [0, 0.1) is 6.92 Å². The largest absolute Gasteiger partial charge is 0.310 e. The van der Waals surface area contributed by atoms with Crippen molar-refractivity contribution in [3.8, 4) is 11.1 Å². The molecular weight excluding hydrogens is 248 g/mol. The van der Waals surface area contributed by atoms with E-state index in [2.05, 4.69) is 10.2 Å². The Hall–Kier alpha value is -1.75. The van der Waals surface area contributed by atoms with Gasteiger partial charge in [-0.05, 0) is 29.9 Å². The molecule has 5 heteroatoms. The summed E-state index contributed by atoms with van der Waals surface area (Å²) in [7, 11) is 0. The first-order chi connectivity index (χ1) is 8.65. The molecule has 2 rings (SSSR count). The standard InChI is InChI=1S/C13H14N2O2S/c1-8-9(7-18-2)4-3-5-10(8)11-6-14-15-13(17)12(11)16/h3-6H,7H2,1-2H3,(H,14,16)(H,15,17). The molecule has 0 saturated carbocycles. The molecule has 0 amide bonds. The molecule has 0 fully saturated rings. The maximum absolute atomic E-state index is 11.8. The van der Waals surface area contributed by atoms with Gasteiger partial charge in [-0.15, -0.1) is 0 Å². The zero-order valence-corrected chi connectivity index (χ0v) is 11.1. The van der Waals surface area contributed by atoms with Gasteiger partial charge >= 0.3 is 5.56 Å².